The first-order valence-electron chi connectivity index (χ1n) is 7.56. The first-order valence-corrected chi connectivity index (χ1v) is 9.15. The number of halogens is 2. The first kappa shape index (κ1) is 16.9. The Kier molecular flexibility index (Phi) is 4.52. The molecule has 2 aromatic carbocycles. The smallest absolute Gasteiger partial charge is 0.282 e. The Bertz CT molecular complexity index is 1150. The Morgan fingerprint density at radius 2 is 1.73 bits per heavy atom. The topological polar surface area (TPSA) is 73.8 Å². The molecule has 0 saturated heterocycles. The summed E-state index contributed by atoms with van der Waals surface area (Å²) >= 11 is 6.83. The van der Waals surface area contributed by atoms with Gasteiger partial charge in [0.05, 0.1) is 5.69 Å². The van der Waals surface area contributed by atoms with Crippen LogP contribution < -0.4 is 5.43 Å². The molecule has 4 rings (SSSR count). The fourth-order valence-corrected chi connectivity index (χ4v) is 3.17. The van der Waals surface area contributed by atoms with Crippen molar-refractivity contribution < 1.29 is 4.52 Å². The molecule has 2 aromatic heterocycles. The van der Waals surface area contributed by atoms with Crippen molar-refractivity contribution in [3.63, 3.8) is 0 Å². The van der Waals surface area contributed by atoms with Gasteiger partial charge in [0.1, 0.15) is 0 Å². The summed E-state index contributed by atoms with van der Waals surface area (Å²) in [5.74, 6) is 0.467. The monoisotopic (exact) mass is 472 g/mol. The largest absolute Gasteiger partial charge is 0.332 e. The van der Waals surface area contributed by atoms with Gasteiger partial charge in [0.25, 0.3) is 5.89 Å². The molecular formula is C18H10Br2N4O2. The van der Waals surface area contributed by atoms with E-state index in [1.54, 1.807) is 10.9 Å². The quantitative estimate of drug-likeness (QED) is 0.438. The van der Waals surface area contributed by atoms with Crippen molar-refractivity contribution in [2.45, 2.75) is 0 Å². The second kappa shape index (κ2) is 6.97. The van der Waals surface area contributed by atoms with Crippen molar-refractivity contribution in [2.75, 3.05) is 0 Å². The van der Waals surface area contributed by atoms with Gasteiger partial charge in [-0.15, -0.1) is 0 Å². The summed E-state index contributed by atoms with van der Waals surface area (Å²) in [7, 11) is 0. The summed E-state index contributed by atoms with van der Waals surface area (Å²) in [6.07, 6.45) is 1.60. The number of aromatic nitrogens is 4. The molecule has 0 aliphatic carbocycles. The third-order valence-corrected chi connectivity index (χ3v) is 4.58. The molecule has 6 nitrogen and oxygen atoms in total. The van der Waals surface area contributed by atoms with E-state index in [2.05, 4.69) is 47.1 Å². The summed E-state index contributed by atoms with van der Waals surface area (Å²) in [6, 6.07) is 16.5. The molecule has 26 heavy (non-hydrogen) atoms. The lowest BCUT2D eigenvalue weighted by atomic mass is 10.2. The maximum absolute atomic E-state index is 12.2. The van der Waals surface area contributed by atoms with Gasteiger partial charge in [0, 0.05) is 26.8 Å². The van der Waals surface area contributed by atoms with Crippen LogP contribution >= 0.6 is 31.9 Å². The molecule has 4 aromatic rings. The molecule has 0 aliphatic heterocycles. The van der Waals surface area contributed by atoms with Gasteiger partial charge >= 0.3 is 0 Å². The van der Waals surface area contributed by atoms with E-state index in [1.165, 1.54) is 6.07 Å². The van der Waals surface area contributed by atoms with Crippen LogP contribution in [0.25, 0.3) is 28.7 Å². The zero-order chi connectivity index (χ0) is 18.1. The Labute approximate surface area is 164 Å². The van der Waals surface area contributed by atoms with Gasteiger partial charge in [0.15, 0.2) is 5.69 Å². The molecule has 0 spiro atoms. The SMILES string of the molecule is O=c1ccn(-c2cccc(Br)c2)nc1-c1nc(-c2cccc(Br)c2)no1. The van der Waals surface area contributed by atoms with Gasteiger partial charge in [-0.25, -0.2) is 4.68 Å². The van der Waals surface area contributed by atoms with E-state index in [0.717, 1.165) is 20.2 Å². The number of hydrogen-bond acceptors (Lipinski definition) is 5. The van der Waals surface area contributed by atoms with Gasteiger partial charge < -0.3 is 4.52 Å². The predicted molar refractivity (Wildman–Crippen MR) is 104 cm³/mol. The first-order chi connectivity index (χ1) is 12.6. The van der Waals surface area contributed by atoms with Crippen molar-refractivity contribution in [2.24, 2.45) is 0 Å². The van der Waals surface area contributed by atoms with Gasteiger partial charge in [0.2, 0.25) is 11.3 Å². The van der Waals surface area contributed by atoms with Crippen LogP contribution in [0.3, 0.4) is 0 Å². The number of hydrogen-bond donors (Lipinski definition) is 0. The highest BCUT2D eigenvalue weighted by Crippen LogP contribution is 2.22. The Balaban J connectivity index is 1.77. The lowest BCUT2D eigenvalue weighted by Gasteiger charge is -2.06. The summed E-state index contributed by atoms with van der Waals surface area (Å²) < 4.78 is 8.67. The number of rotatable bonds is 3. The van der Waals surface area contributed by atoms with Crippen LogP contribution in [0.5, 0.6) is 0 Å². The molecule has 128 valence electrons. The minimum atomic E-state index is -0.291. The van der Waals surface area contributed by atoms with Crippen LogP contribution in [-0.2, 0) is 0 Å². The van der Waals surface area contributed by atoms with E-state index in [4.69, 9.17) is 4.52 Å². The summed E-state index contributed by atoms with van der Waals surface area (Å²) in [5.41, 5.74) is 1.38. The van der Waals surface area contributed by atoms with E-state index in [0.29, 0.717) is 5.82 Å². The van der Waals surface area contributed by atoms with E-state index in [9.17, 15) is 4.79 Å². The average Bonchev–Trinajstić information content (AvgIpc) is 3.12. The molecule has 0 bridgehead atoms. The number of benzene rings is 2. The molecule has 0 fully saturated rings. The van der Waals surface area contributed by atoms with Crippen LogP contribution in [0, 0.1) is 0 Å². The van der Waals surface area contributed by atoms with Crippen LogP contribution in [0.15, 0.2) is 79.1 Å². The Morgan fingerprint density at radius 1 is 0.962 bits per heavy atom. The van der Waals surface area contributed by atoms with Crippen molar-refractivity contribution in [3.8, 4) is 28.7 Å². The van der Waals surface area contributed by atoms with Crippen LogP contribution in [0.4, 0.5) is 0 Å². The maximum Gasteiger partial charge on any atom is 0.282 e. The highest BCUT2D eigenvalue weighted by Gasteiger charge is 2.16. The van der Waals surface area contributed by atoms with Crippen molar-refractivity contribution >= 4 is 31.9 Å². The van der Waals surface area contributed by atoms with E-state index >= 15 is 0 Å². The lowest BCUT2D eigenvalue weighted by Crippen LogP contribution is -2.12. The molecule has 0 unspecified atom stereocenters. The van der Waals surface area contributed by atoms with Crippen LogP contribution in [-0.4, -0.2) is 19.9 Å². The summed E-state index contributed by atoms with van der Waals surface area (Å²) in [5, 5.41) is 8.32. The number of nitrogens with zero attached hydrogens (tertiary/aromatic N) is 4. The zero-order valence-corrected chi connectivity index (χ0v) is 16.3. The second-order valence-corrected chi connectivity index (χ2v) is 7.22. The average molecular weight is 474 g/mol. The fraction of sp³-hybridized carbons (Fsp3) is 0. The van der Waals surface area contributed by atoms with Gasteiger partial charge in [-0.1, -0.05) is 55.2 Å². The molecule has 0 atom stereocenters. The fourth-order valence-electron chi connectivity index (χ4n) is 2.38. The minimum Gasteiger partial charge on any atom is -0.332 e. The van der Waals surface area contributed by atoms with Crippen LogP contribution in [0.1, 0.15) is 0 Å². The standard InChI is InChI=1S/C18H10Br2N4O2/c19-12-4-1-3-11(9-12)17-21-18(26-23-17)16-15(25)7-8-24(22-16)14-6-2-5-13(20)10-14/h1-10H. The van der Waals surface area contributed by atoms with E-state index < -0.39 is 0 Å². The molecule has 0 radical (unpaired) electrons. The normalized spacial score (nSPS) is 10.8. The zero-order valence-electron chi connectivity index (χ0n) is 13.1. The third-order valence-electron chi connectivity index (χ3n) is 3.59. The Hall–Kier alpha value is -2.58. The highest BCUT2D eigenvalue weighted by molar-refractivity contribution is 9.10. The molecule has 0 amide bonds. The predicted octanol–water partition coefficient (Wildman–Crippen LogP) is 4.47. The molecular weight excluding hydrogens is 464 g/mol. The minimum absolute atomic E-state index is 0.0781. The van der Waals surface area contributed by atoms with E-state index in [1.807, 2.05) is 48.5 Å². The summed E-state index contributed by atoms with van der Waals surface area (Å²) in [6.45, 7) is 0. The molecule has 8 heteroatoms. The molecule has 0 saturated carbocycles. The van der Waals surface area contributed by atoms with Crippen molar-refractivity contribution in [3.05, 3.63) is 80.0 Å². The highest BCUT2D eigenvalue weighted by atomic mass is 79.9. The third kappa shape index (κ3) is 3.38. The van der Waals surface area contributed by atoms with Crippen molar-refractivity contribution in [1.82, 2.24) is 19.9 Å². The Morgan fingerprint density at radius 3 is 2.50 bits per heavy atom. The molecule has 2 heterocycles. The van der Waals surface area contributed by atoms with Crippen LogP contribution in [0.2, 0.25) is 0 Å². The molecule has 0 N–H and O–H groups in total. The lowest BCUT2D eigenvalue weighted by molar-refractivity contribution is 0.429. The summed E-state index contributed by atoms with van der Waals surface area (Å²) in [4.78, 5) is 16.6. The van der Waals surface area contributed by atoms with Crippen molar-refractivity contribution in [1.29, 1.82) is 0 Å². The van der Waals surface area contributed by atoms with E-state index in [-0.39, 0.29) is 17.0 Å². The maximum atomic E-state index is 12.2. The second-order valence-electron chi connectivity index (χ2n) is 5.39. The van der Waals surface area contributed by atoms with Gasteiger partial charge in [-0.2, -0.15) is 10.1 Å². The van der Waals surface area contributed by atoms with Gasteiger partial charge in [-0.3, -0.25) is 4.79 Å². The molecule has 0 aliphatic rings. The van der Waals surface area contributed by atoms with Gasteiger partial charge in [-0.05, 0) is 30.3 Å².